The second-order valence-corrected chi connectivity index (χ2v) is 5.73. The van der Waals surface area contributed by atoms with Gasteiger partial charge in [0.1, 0.15) is 5.75 Å². The minimum Gasteiger partial charge on any atom is -0.495 e. The molecule has 2 heteroatoms. The van der Waals surface area contributed by atoms with Gasteiger partial charge in [0.05, 0.1) is 12.8 Å². The molecule has 2 rings (SSSR count). The summed E-state index contributed by atoms with van der Waals surface area (Å²) in [5.74, 6) is 1.61. The van der Waals surface area contributed by atoms with Gasteiger partial charge in [-0.15, -0.1) is 0 Å². The van der Waals surface area contributed by atoms with Crippen LogP contribution in [0, 0.1) is 0 Å². The van der Waals surface area contributed by atoms with Gasteiger partial charge in [-0.25, -0.2) is 0 Å². The van der Waals surface area contributed by atoms with E-state index in [1.807, 2.05) is 0 Å². The Kier molecular flexibility index (Phi) is 3.84. The van der Waals surface area contributed by atoms with Gasteiger partial charge in [0.15, 0.2) is 0 Å². The summed E-state index contributed by atoms with van der Waals surface area (Å²) in [6.07, 6.45) is 2.43. The minimum absolute atomic E-state index is 0.528. The molecule has 0 N–H and O–H groups in total. The van der Waals surface area contributed by atoms with Crippen molar-refractivity contribution in [2.45, 2.75) is 52.5 Å². The van der Waals surface area contributed by atoms with Crippen molar-refractivity contribution in [3.8, 4) is 5.75 Å². The number of hydrogen-bond acceptors (Lipinski definition) is 2. The highest BCUT2D eigenvalue weighted by molar-refractivity contribution is 5.68. The van der Waals surface area contributed by atoms with E-state index in [1.165, 1.54) is 29.7 Å². The van der Waals surface area contributed by atoms with E-state index < -0.39 is 0 Å². The van der Waals surface area contributed by atoms with Gasteiger partial charge in [-0.2, -0.15) is 0 Å². The van der Waals surface area contributed by atoms with Gasteiger partial charge in [-0.3, -0.25) is 0 Å². The summed E-state index contributed by atoms with van der Waals surface area (Å²) < 4.78 is 5.59. The van der Waals surface area contributed by atoms with Crippen molar-refractivity contribution < 1.29 is 4.74 Å². The Labute approximate surface area is 111 Å². The largest absolute Gasteiger partial charge is 0.495 e. The van der Waals surface area contributed by atoms with Gasteiger partial charge in [-0.1, -0.05) is 19.9 Å². The van der Waals surface area contributed by atoms with Gasteiger partial charge < -0.3 is 9.64 Å². The van der Waals surface area contributed by atoms with Crippen molar-refractivity contribution in [3.05, 3.63) is 23.3 Å². The molecular weight excluding hydrogens is 222 g/mol. The Morgan fingerprint density at radius 2 is 1.89 bits per heavy atom. The standard InChI is InChI=1S/C16H25NO/c1-11(2)13-8-9-15(18-5)16-14(13)7-6-10-17(16)12(3)4/h8-9,11-12H,6-7,10H2,1-5H3. The molecule has 0 radical (unpaired) electrons. The zero-order chi connectivity index (χ0) is 13.3. The molecule has 1 aliphatic heterocycles. The second-order valence-electron chi connectivity index (χ2n) is 5.73. The molecule has 0 saturated carbocycles. The van der Waals surface area contributed by atoms with E-state index in [0.717, 1.165) is 12.3 Å². The van der Waals surface area contributed by atoms with E-state index in [-0.39, 0.29) is 0 Å². The quantitative estimate of drug-likeness (QED) is 0.801. The summed E-state index contributed by atoms with van der Waals surface area (Å²) in [7, 11) is 1.78. The summed E-state index contributed by atoms with van der Waals surface area (Å²) in [5.41, 5.74) is 4.32. The highest BCUT2D eigenvalue weighted by Crippen LogP contribution is 2.41. The summed E-state index contributed by atoms with van der Waals surface area (Å²) >= 11 is 0. The van der Waals surface area contributed by atoms with Gasteiger partial charge >= 0.3 is 0 Å². The molecule has 0 amide bonds. The number of methoxy groups -OCH3 is 1. The third kappa shape index (κ3) is 2.21. The molecule has 0 bridgehead atoms. The molecule has 0 saturated heterocycles. The van der Waals surface area contributed by atoms with Crippen LogP contribution in [0.2, 0.25) is 0 Å². The van der Waals surface area contributed by atoms with E-state index in [9.17, 15) is 0 Å². The molecule has 100 valence electrons. The van der Waals surface area contributed by atoms with Crippen molar-refractivity contribution in [1.82, 2.24) is 0 Å². The molecule has 0 atom stereocenters. The molecule has 18 heavy (non-hydrogen) atoms. The first-order valence-corrected chi connectivity index (χ1v) is 7.02. The Morgan fingerprint density at radius 3 is 2.44 bits per heavy atom. The van der Waals surface area contributed by atoms with Crippen LogP contribution in [-0.2, 0) is 6.42 Å². The van der Waals surface area contributed by atoms with Crippen LogP contribution in [0.1, 0.15) is 51.2 Å². The number of anilines is 1. The van der Waals surface area contributed by atoms with Crippen LogP contribution in [0.4, 0.5) is 5.69 Å². The first-order valence-electron chi connectivity index (χ1n) is 7.02. The fourth-order valence-corrected chi connectivity index (χ4v) is 2.97. The smallest absolute Gasteiger partial charge is 0.142 e. The van der Waals surface area contributed by atoms with Crippen molar-refractivity contribution in [2.24, 2.45) is 0 Å². The predicted molar refractivity (Wildman–Crippen MR) is 77.9 cm³/mol. The van der Waals surface area contributed by atoms with Gasteiger partial charge in [0.2, 0.25) is 0 Å². The Bertz CT molecular complexity index is 423. The van der Waals surface area contributed by atoms with E-state index in [0.29, 0.717) is 12.0 Å². The molecule has 0 spiro atoms. The maximum atomic E-state index is 5.59. The van der Waals surface area contributed by atoms with Gasteiger partial charge in [0, 0.05) is 12.6 Å². The van der Waals surface area contributed by atoms with Crippen LogP contribution in [-0.4, -0.2) is 19.7 Å². The lowest BCUT2D eigenvalue weighted by molar-refractivity contribution is 0.410. The molecule has 1 heterocycles. The average molecular weight is 247 g/mol. The number of benzene rings is 1. The van der Waals surface area contributed by atoms with Crippen molar-refractivity contribution in [3.63, 3.8) is 0 Å². The van der Waals surface area contributed by atoms with Crippen LogP contribution in [0.3, 0.4) is 0 Å². The van der Waals surface area contributed by atoms with Gasteiger partial charge in [0.25, 0.3) is 0 Å². The lowest BCUT2D eigenvalue weighted by Gasteiger charge is -2.37. The number of rotatable bonds is 3. The molecule has 1 aromatic carbocycles. The molecule has 1 aromatic rings. The fourth-order valence-electron chi connectivity index (χ4n) is 2.97. The average Bonchev–Trinajstić information content (AvgIpc) is 2.36. The van der Waals surface area contributed by atoms with E-state index >= 15 is 0 Å². The van der Waals surface area contributed by atoms with Crippen molar-refractivity contribution >= 4 is 5.69 Å². The molecule has 2 nitrogen and oxygen atoms in total. The summed E-state index contributed by atoms with van der Waals surface area (Å²) in [5, 5.41) is 0. The molecule has 0 aliphatic carbocycles. The van der Waals surface area contributed by atoms with E-state index in [1.54, 1.807) is 7.11 Å². The summed E-state index contributed by atoms with van der Waals surface area (Å²) in [4.78, 5) is 2.49. The summed E-state index contributed by atoms with van der Waals surface area (Å²) in [6.45, 7) is 10.2. The fraction of sp³-hybridized carbons (Fsp3) is 0.625. The molecule has 1 aliphatic rings. The lowest BCUT2D eigenvalue weighted by Crippen LogP contribution is -2.36. The normalized spacial score (nSPS) is 15.2. The maximum absolute atomic E-state index is 5.59. The first kappa shape index (κ1) is 13.3. The Hall–Kier alpha value is -1.18. The number of hydrogen-bond donors (Lipinski definition) is 0. The van der Waals surface area contributed by atoms with Crippen molar-refractivity contribution in [2.75, 3.05) is 18.6 Å². The zero-order valence-corrected chi connectivity index (χ0v) is 12.3. The van der Waals surface area contributed by atoms with Crippen LogP contribution >= 0.6 is 0 Å². The number of nitrogens with zero attached hydrogens (tertiary/aromatic N) is 1. The van der Waals surface area contributed by atoms with Crippen LogP contribution < -0.4 is 9.64 Å². The second kappa shape index (κ2) is 5.21. The minimum atomic E-state index is 0.528. The van der Waals surface area contributed by atoms with E-state index in [2.05, 4.69) is 44.7 Å². The third-order valence-electron chi connectivity index (χ3n) is 3.86. The highest BCUT2D eigenvalue weighted by atomic mass is 16.5. The SMILES string of the molecule is COc1ccc(C(C)C)c2c1N(C(C)C)CCC2. The number of ether oxygens (including phenoxy) is 1. The van der Waals surface area contributed by atoms with Crippen molar-refractivity contribution in [1.29, 1.82) is 0 Å². The Morgan fingerprint density at radius 1 is 1.17 bits per heavy atom. The zero-order valence-electron chi connectivity index (χ0n) is 12.3. The Balaban J connectivity index is 2.59. The molecule has 0 fully saturated rings. The highest BCUT2D eigenvalue weighted by Gasteiger charge is 2.25. The van der Waals surface area contributed by atoms with Crippen LogP contribution in [0.15, 0.2) is 12.1 Å². The lowest BCUT2D eigenvalue weighted by atomic mass is 9.89. The summed E-state index contributed by atoms with van der Waals surface area (Å²) in [6, 6.07) is 4.90. The molecule has 0 unspecified atom stereocenters. The van der Waals surface area contributed by atoms with Crippen LogP contribution in [0.25, 0.3) is 0 Å². The van der Waals surface area contributed by atoms with Gasteiger partial charge in [-0.05, 0) is 49.8 Å². The maximum Gasteiger partial charge on any atom is 0.142 e. The van der Waals surface area contributed by atoms with E-state index in [4.69, 9.17) is 4.74 Å². The predicted octanol–water partition coefficient (Wildman–Crippen LogP) is 3.98. The third-order valence-corrected chi connectivity index (χ3v) is 3.86. The first-order chi connectivity index (χ1) is 8.56. The monoisotopic (exact) mass is 247 g/mol. The molecule has 0 aromatic heterocycles. The number of fused-ring (bicyclic) bond motifs is 1. The van der Waals surface area contributed by atoms with Crippen LogP contribution in [0.5, 0.6) is 5.75 Å². The molecular formula is C16H25NO. The topological polar surface area (TPSA) is 12.5 Å².